The van der Waals surface area contributed by atoms with E-state index in [4.69, 9.17) is 0 Å². The third-order valence-electron chi connectivity index (χ3n) is 5.71. The molecule has 4 rings (SSSR count). The van der Waals surface area contributed by atoms with E-state index in [1.807, 2.05) is 54.6 Å². The average molecular weight is 389 g/mol. The molecule has 29 heavy (non-hydrogen) atoms. The van der Waals surface area contributed by atoms with Crippen molar-refractivity contribution in [2.24, 2.45) is 5.41 Å². The van der Waals surface area contributed by atoms with E-state index in [1.54, 1.807) is 7.05 Å². The molecular formula is C24H27N3O2. The Labute approximate surface area is 171 Å². The fourth-order valence-corrected chi connectivity index (χ4v) is 4.44. The van der Waals surface area contributed by atoms with Gasteiger partial charge in [0.1, 0.15) is 0 Å². The number of ketones is 1. The molecule has 5 heteroatoms. The summed E-state index contributed by atoms with van der Waals surface area (Å²) in [5, 5.41) is 6.28. The Morgan fingerprint density at radius 2 is 1.79 bits per heavy atom. The van der Waals surface area contributed by atoms with Crippen LogP contribution in [-0.2, 0) is 9.59 Å². The first-order chi connectivity index (χ1) is 13.9. The molecule has 1 atom stereocenters. The molecule has 2 aliphatic rings. The smallest absolute Gasteiger partial charge is 0.239 e. The van der Waals surface area contributed by atoms with Crippen molar-refractivity contribution < 1.29 is 9.59 Å². The lowest BCUT2D eigenvalue weighted by Crippen LogP contribution is -2.41. The number of carbonyl (C=O) groups is 2. The summed E-state index contributed by atoms with van der Waals surface area (Å²) in [6.07, 6.45) is 1.29. The summed E-state index contributed by atoms with van der Waals surface area (Å²) in [5.41, 5.74) is 4.49. The van der Waals surface area contributed by atoms with Gasteiger partial charge in [0, 0.05) is 24.7 Å². The molecular weight excluding hydrogens is 362 g/mol. The van der Waals surface area contributed by atoms with Gasteiger partial charge < -0.3 is 15.5 Å². The molecule has 2 N–H and O–H groups in total. The van der Waals surface area contributed by atoms with E-state index in [2.05, 4.69) is 29.4 Å². The van der Waals surface area contributed by atoms with E-state index in [0.717, 1.165) is 34.6 Å². The van der Waals surface area contributed by atoms with Crippen molar-refractivity contribution in [1.82, 2.24) is 5.32 Å². The zero-order valence-electron chi connectivity index (χ0n) is 17.2. The first kappa shape index (κ1) is 19.2. The second kappa shape index (κ2) is 7.39. The van der Waals surface area contributed by atoms with E-state index in [0.29, 0.717) is 6.42 Å². The Kier molecular flexibility index (Phi) is 4.91. The van der Waals surface area contributed by atoms with E-state index in [1.165, 1.54) is 0 Å². The number of para-hydroxylation sites is 2. The minimum absolute atomic E-state index is 0.0895. The number of nitrogens with one attached hydrogen (secondary N) is 2. The van der Waals surface area contributed by atoms with Crippen LogP contribution in [-0.4, -0.2) is 25.3 Å². The number of rotatable bonds is 3. The summed E-state index contributed by atoms with van der Waals surface area (Å²) in [7, 11) is 1.64. The van der Waals surface area contributed by atoms with Crippen LogP contribution in [0.3, 0.4) is 0 Å². The van der Waals surface area contributed by atoms with Crippen LogP contribution in [0.4, 0.5) is 11.4 Å². The lowest BCUT2D eigenvalue weighted by atomic mass is 9.73. The fourth-order valence-electron chi connectivity index (χ4n) is 4.44. The minimum atomic E-state index is -0.316. The van der Waals surface area contributed by atoms with E-state index >= 15 is 0 Å². The Bertz CT molecular complexity index is 979. The summed E-state index contributed by atoms with van der Waals surface area (Å²) in [6, 6.07) is 17.6. The Balaban J connectivity index is 1.96. The van der Waals surface area contributed by atoms with Gasteiger partial charge in [-0.3, -0.25) is 9.59 Å². The first-order valence-corrected chi connectivity index (χ1v) is 10.0. The van der Waals surface area contributed by atoms with Gasteiger partial charge >= 0.3 is 0 Å². The normalized spacial score (nSPS) is 20.3. The van der Waals surface area contributed by atoms with Gasteiger partial charge in [0.2, 0.25) is 5.91 Å². The van der Waals surface area contributed by atoms with Gasteiger partial charge in [0.05, 0.1) is 24.0 Å². The van der Waals surface area contributed by atoms with Crippen molar-refractivity contribution in [1.29, 1.82) is 0 Å². The number of Topliss-reactive ketones (excluding diaryl/α,β-unsaturated/α-hetero) is 1. The monoisotopic (exact) mass is 389 g/mol. The zero-order chi connectivity index (χ0) is 20.6. The first-order valence-electron chi connectivity index (χ1n) is 10.0. The van der Waals surface area contributed by atoms with Gasteiger partial charge in [-0.05, 0) is 29.5 Å². The van der Waals surface area contributed by atoms with Crippen LogP contribution >= 0.6 is 0 Å². The third kappa shape index (κ3) is 3.65. The summed E-state index contributed by atoms with van der Waals surface area (Å²) in [4.78, 5) is 27.9. The van der Waals surface area contributed by atoms with Crippen molar-refractivity contribution in [3.8, 4) is 0 Å². The van der Waals surface area contributed by atoms with Gasteiger partial charge in [-0.2, -0.15) is 0 Å². The highest BCUT2D eigenvalue weighted by Gasteiger charge is 2.41. The highest BCUT2D eigenvalue weighted by Crippen LogP contribution is 2.47. The highest BCUT2D eigenvalue weighted by atomic mass is 16.2. The molecule has 2 aromatic rings. The van der Waals surface area contributed by atoms with Crippen molar-refractivity contribution in [2.75, 3.05) is 23.8 Å². The largest absolute Gasteiger partial charge is 0.358 e. The number of hydrogen-bond donors (Lipinski definition) is 2. The van der Waals surface area contributed by atoms with Crippen LogP contribution in [0, 0.1) is 5.41 Å². The number of allylic oxidation sites excluding steroid dienone is 1. The number of likely N-dealkylation sites (N-methyl/N-ethyl adjacent to an activating group) is 1. The molecule has 5 nitrogen and oxygen atoms in total. The van der Waals surface area contributed by atoms with Crippen LogP contribution in [0.25, 0.3) is 0 Å². The molecule has 1 amide bonds. The molecule has 0 aromatic heterocycles. The van der Waals surface area contributed by atoms with E-state index < -0.39 is 0 Å². The van der Waals surface area contributed by atoms with Crippen molar-refractivity contribution in [3.05, 3.63) is 71.4 Å². The summed E-state index contributed by atoms with van der Waals surface area (Å²) in [5.74, 6) is 0.0562. The van der Waals surface area contributed by atoms with Crippen molar-refractivity contribution in [2.45, 2.75) is 32.7 Å². The van der Waals surface area contributed by atoms with Gasteiger partial charge in [0.15, 0.2) is 5.78 Å². The molecule has 150 valence electrons. The summed E-state index contributed by atoms with van der Waals surface area (Å²) >= 11 is 0. The predicted octanol–water partition coefficient (Wildman–Crippen LogP) is 4.05. The van der Waals surface area contributed by atoms with Gasteiger partial charge in [0.25, 0.3) is 0 Å². The minimum Gasteiger partial charge on any atom is -0.358 e. The number of carbonyl (C=O) groups excluding carboxylic acids is 2. The molecule has 0 radical (unpaired) electrons. The lowest BCUT2D eigenvalue weighted by molar-refractivity contribution is -0.120. The quantitative estimate of drug-likeness (QED) is 0.831. The molecule has 1 aliphatic heterocycles. The number of anilines is 2. The fraction of sp³-hybridized carbons (Fsp3) is 0.333. The second-order valence-corrected chi connectivity index (χ2v) is 8.59. The Morgan fingerprint density at radius 1 is 1.10 bits per heavy atom. The Hall–Kier alpha value is -3.08. The molecule has 0 bridgehead atoms. The van der Waals surface area contributed by atoms with Crippen molar-refractivity contribution in [3.63, 3.8) is 0 Å². The van der Waals surface area contributed by atoms with E-state index in [-0.39, 0.29) is 29.7 Å². The van der Waals surface area contributed by atoms with Crippen LogP contribution in [0.15, 0.2) is 65.9 Å². The lowest BCUT2D eigenvalue weighted by Gasteiger charge is -2.37. The molecule has 0 saturated carbocycles. The average Bonchev–Trinajstić information content (AvgIpc) is 2.82. The number of nitrogens with zero attached hydrogens (tertiary/aromatic N) is 1. The van der Waals surface area contributed by atoms with Crippen LogP contribution in [0.2, 0.25) is 0 Å². The maximum atomic E-state index is 13.4. The molecule has 1 aliphatic carbocycles. The highest BCUT2D eigenvalue weighted by molar-refractivity contribution is 6.01. The molecule has 0 fully saturated rings. The maximum absolute atomic E-state index is 13.4. The van der Waals surface area contributed by atoms with Crippen LogP contribution < -0.4 is 15.5 Å². The van der Waals surface area contributed by atoms with Gasteiger partial charge in [-0.25, -0.2) is 0 Å². The molecule has 0 spiro atoms. The molecule has 0 saturated heterocycles. The third-order valence-corrected chi connectivity index (χ3v) is 5.71. The molecule has 2 aromatic carbocycles. The van der Waals surface area contributed by atoms with Crippen LogP contribution in [0.5, 0.6) is 0 Å². The standard InChI is InChI=1S/C24H27N3O2/c1-24(2)13-18-22(20(28)14-24)23(16-9-5-4-6-10-16)27(15-21(29)25-3)19-12-8-7-11-17(19)26-18/h4-12,23,26H,13-15H2,1-3H3,(H,25,29). The van der Waals surface area contributed by atoms with Crippen LogP contribution in [0.1, 0.15) is 38.3 Å². The summed E-state index contributed by atoms with van der Waals surface area (Å²) in [6.45, 7) is 4.43. The Morgan fingerprint density at radius 3 is 2.52 bits per heavy atom. The number of amides is 1. The molecule has 1 heterocycles. The van der Waals surface area contributed by atoms with Gasteiger partial charge in [-0.1, -0.05) is 56.3 Å². The number of hydrogen-bond acceptors (Lipinski definition) is 4. The second-order valence-electron chi connectivity index (χ2n) is 8.59. The van der Waals surface area contributed by atoms with E-state index in [9.17, 15) is 9.59 Å². The zero-order valence-corrected chi connectivity index (χ0v) is 17.2. The number of benzene rings is 2. The SMILES string of the molecule is CNC(=O)CN1c2ccccc2NC2=C(C(=O)CC(C)(C)C2)C1c1ccccc1. The maximum Gasteiger partial charge on any atom is 0.239 e. The summed E-state index contributed by atoms with van der Waals surface area (Å²) < 4.78 is 0. The van der Waals surface area contributed by atoms with Crippen molar-refractivity contribution >= 4 is 23.1 Å². The predicted molar refractivity (Wildman–Crippen MR) is 116 cm³/mol. The number of fused-ring (bicyclic) bond motifs is 1. The van der Waals surface area contributed by atoms with Gasteiger partial charge in [-0.15, -0.1) is 0 Å². The topological polar surface area (TPSA) is 61.4 Å². The molecule has 1 unspecified atom stereocenters.